The molecule has 18 heavy (non-hydrogen) atoms. The lowest BCUT2D eigenvalue weighted by atomic mass is 10.2. The molecule has 0 atom stereocenters. The molecule has 0 unspecified atom stereocenters. The van der Waals surface area contributed by atoms with Crippen molar-refractivity contribution in [2.45, 2.75) is 52.1 Å². The van der Waals surface area contributed by atoms with E-state index in [4.69, 9.17) is 5.73 Å². The third-order valence-electron chi connectivity index (χ3n) is 1.40. The van der Waals surface area contributed by atoms with E-state index in [0.29, 0.717) is 0 Å². The SMILES string of the molecule is CC(C)(C)OC(N)=O.COC(=O)CCC(C)(F)F. The monoisotopic (exact) mass is 269 g/mol. The molecule has 0 aromatic rings. The van der Waals surface area contributed by atoms with Crippen molar-refractivity contribution in [1.29, 1.82) is 0 Å². The van der Waals surface area contributed by atoms with Crippen LogP contribution in [-0.4, -0.2) is 30.7 Å². The van der Waals surface area contributed by atoms with E-state index >= 15 is 0 Å². The summed E-state index contributed by atoms with van der Waals surface area (Å²) in [6.45, 7) is 6.06. The van der Waals surface area contributed by atoms with Crippen LogP contribution in [0.25, 0.3) is 0 Å². The first-order chi connectivity index (χ1) is 7.87. The fourth-order valence-corrected chi connectivity index (χ4v) is 0.725. The fraction of sp³-hybridized carbons (Fsp3) is 0.818. The van der Waals surface area contributed by atoms with Gasteiger partial charge in [0.05, 0.1) is 13.5 Å². The molecule has 0 aliphatic heterocycles. The van der Waals surface area contributed by atoms with E-state index in [1.54, 1.807) is 20.8 Å². The number of methoxy groups -OCH3 is 1. The van der Waals surface area contributed by atoms with Crippen molar-refractivity contribution in [2.75, 3.05) is 7.11 Å². The molecule has 0 bridgehead atoms. The highest BCUT2D eigenvalue weighted by atomic mass is 19.3. The topological polar surface area (TPSA) is 78.6 Å². The van der Waals surface area contributed by atoms with Crippen molar-refractivity contribution in [3.05, 3.63) is 0 Å². The largest absolute Gasteiger partial charge is 0.469 e. The number of alkyl halides is 2. The Morgan fingerprint density at radius 2 is 1.61 bits per heavy atom. The third-order valence-corrected chi connectivity index (χ3v) is 1.40. The second-order valence-corrected chi connectivity index (χ2v) is 4.68. The summed E-state index contributed by atoms with van der Waals surface area (Å²) < 4.78 is 32.8. The van der Waals surface area contributed by atoms with Crippen LogP contribution in [0, 0.1) is 0 Å². The predicted octanol–water partition coefficient (Wildman–Crippen LogP) is 2.48. The highest BCUT2D eigenvalue weighted by Crippen LogP contribution is 2.18. The quantitative estimate of drug-likeness (QED) is 0.798. The van der Waals surface area contributed by atoms with Gasteiger partial charge in [-0.1, -0.05) is 0 Å². The van der Waals surface area contributed by atoms with Crippen molar-refractivity contribution < 1.29 is 27.8 Å². The van der Waals surface area contributed by atoms with Crippen molar-refractivity contribution in [1.82, 2.24) is 0 Å². The molecular weight excluding hydrogens is 248 g/mol. The average molecular weight is 269 g/mol. The van der Waals surface area contributed by atoms with E-state index in [1.165, 1.54) is 7.11 Å². The maximum Gasteiger partial charge on any atom is 0.405 e. The molecule has 0 rings (SSSR count). The van der Waals surface area contributed by atoms with Gasteiger partial charge in [-0.05, 0) is 27.7 Å². The third kappa shape index (κ3) is 20.1. The summed E-state index contributed by atoms with van der Waals surface area (Å²) in [5, 5.41) is 0. The van der Waals surface area contributed by atoms with Gasteiger partial charge in [0.1, 0.15) is 5.60 Å². The highest BCUT2D eigenvalue weighted by Gasteiger charge is 2.22. The lowest BCUT2D eigenvalue weighted by molar-refractivity contribution is -0.142. The van der Waals surface area contributed by atoms with Crippen LogP contribution in [0.1, 0.15) is 40.5 Å². The van der Waals surface area contributed by atoms with Gasteiger partial charge in [0.25, 0.3) is 0 Å². The first-order valence-corrected chi connectivity index (χ1v) is 5.30. The zero-order valence-corrected chi connectivity index (χ0v) is 11.4. The summed E-state index contributed by atoms with van der Waals surface area (Å²) in [5.74, 6) is -3.37. The smallest absolute Gasteiger partial charge is 0.405 e. The predicted molar refractivity (Wildman–Crippen MR) is 62.3 cm³/mol. The second kappa shape index (κ2) is 7.84. The lowest BCUT2D eigenvalue weighted by Gasteiger charge is -2.16. The van der Waals surface area contributed by atoms with Gasteiger partial charge < -0.3 is 15.2 Å². The van der Waals surface area contributed by atoms with E-state index in [2.05, 4.69) is 9.47 Å². The average Bonchev–Trinajstić information content (AvgIpc) is 2.09. The van der Waals surface area contributed by atoms with Crippen LogP contribution in [-0.2, 0) is 14.3 Å². The van der Waals surface area contributed by atoms with Crippen LogP contribution < -0.4 is 5.73 Å². The maximum absolute atomic E-state index is 12.0. The Morgan fingerprint density at radius 1 is 1.17 bits per heavy atom. The van der Waals surface area contributed by atoms with E-state index in [9.17, 15) is 18.4 Å². The number of hydrogen-bond acceptors (Lipinski definition) is 4. The fourth-order valence-electron chi connectivity index (χ4n) is 0.725. The molecule has 108 valence electrons. The number of esters is 1. The molecular formula is C11H21F2NO4. The molecule has 0 saturated carbocycles. The number of amides is 1. The molecule has 0 saturated heterocycles. The molecule has 0 spiro atoms. The van der Waals surface area contributed by atoms with Crippen molar-refractivity contribution in [3.8, 4) is 0 Å². The molecule has 0 fully saturated rings. The van der Waals surface area contributed by atoms with Crippen molar-refractivity contribution in [2.24, 2.45) is 5.73 Å². The number of halogens is 2. The molecule has 0 aliphatic rings. The van der Waals surface area contributed by atoms with Crippen LogP contribution in [0.5, 0.6) is 0 Å². The highest BCUT2D eigenvalue weighted by molar-refractivity contribution is 5.69. The van der Waals surface area contributed by atoms with Crippen molar-refractivity contribution in [3.63, 3.8) is 0 Å². The molecule has 0 heterocycles. The Morgan fingerprint density at radius 3 is 1.78 bits per heavy atom. The lowest BCUT2D eigenvalue weighted by Crippen LogP contribution is -2.27. The van der Waals surface area contributed by atoms with E-state index < -0.39 is 30.0 Å². The van der Waals surface area contributed by atoms with Gasteiger partial charge >= 0.3 is 12.1 Å². The van der Waals surface area contributed by atoms with Crippen LogP contribution in [0.4, 0.5) is 13.6 Å². The Labute approximate surface area is 106 Å². The number of hydrogen-bond donors (Lipinski definition) is 1. The van der Waals surface area contributed by atoms with Crippen LogP contribution in [0.2, 0.25) is 0 Å². The minimum absolute atomic E-state index is 0.222. The molecule has 1 amide bonds. The summed E-state index contributed by atoms with van der Waals surface area (Å²) >= 11 is 0. The van der Waals surface area contributed by atoms with Gasteiger partial charge in [0, 0.05) is 6.42 Å². The van der Waals surface area contributed by atoms with Gasteiger partial charge in [0.15, 0.2) is 0 Å². The van der Waals surface area contributed by atoms with Gasteiger partial charge in [-0.3, -0.25) is 4.79 Å². The van der Waals surface area contributed by atoms with Crippen molar-refractivity contribution >= 4 is 12.1 Å². The Balaban J connectivity index is 0. The summed E-state index contributed by atoms with van der Waals surface area (Å²) in [6.07, 6.45) is -1.39. The number of primary amides is 1. The summed E-state index contributed by atoms with van der Waals surface area (Å²) in [4.78, 5) is 20.3. The zero-order valence-electron chi connectivity index (χ0n) is 11.4. The number of ether oxygens (including phenoxy) is 2. The molecule has 0 radical (unpaired) electrons. The Bertz CT molecular complexity index is 269. The van der Waals surface area contributed by atoms with Gasteiger partial charge in [-0.2, -0.15) is 0 Å². The maximum atomic E-state index is 12.0. The first kappa shape index (κ1) is 19.0. The number of rotatable bonds is 3. The summed E-state index contributed by atoms with van der Waals surface area (Å²) in [6, 6.07) is 0. The Kier molecular flexibility index (Phi) is 8.25. The first-order valence-electron chi connectivity index (χ1n) is 5.30. The van der Waals surface area contributed by atoms with Gasteiger partial charge in [-0.25, -0.2) is 13.6 Å². The molecule has 2 N–H and O–H groups in total. The molecule has 5 nitrogen and oxygen atoms in total. The summed E-state index contributed by atoms with van der Waals surface area (Å²) in [7, 11) is 1.18. The van der Waals surface area contributed by atoms with E-state index in [1.807, 2.05) is 0 Å². The van der Waals surface area contributed by atoms with Gasteiger partial charge in [-0.15, -0.1) is 0 Å². The normalized spacial score (nSPS) is 11.1. The minimum atomic E-state index is -2.77. The van der Waals surface area contributed by atoms with Crippen LogP contribution in [0.3, 0.4) is 0 Å². The number of carbonyl (C=O) groups excluding carboxylic acids is 2. The number of nitrogens with two attached hydrogens (primary N) is 1. The van der Waals surface area contributed by atoms with Crippen LogP contribution in [0.15, 0.2) is 0 Å². The van der Waals surface area contributed by atoms with E-state index in [-0.39, 0.29) is 6.42 Å². The number of carbonyl (C=O) groups is 2. The molecule has 0 aromatic heterocycles. The van der Waals surface area contributed by atoms with E-state index in [0.717, 1.165) is 6.92 Å². The minimum Gasteiger partial charge on any atom is -0.469 e. The molecule has 7 heteroatoms. The summed E-state index contributed by atoms with van der Waals surface area (Å²) in [5.41, 5.74) is 4.26. The Hall–Kier alpha value is -1.40. The zero-order chi connectivity index (χ0) is 15.0. The second-order valence-electron chi connectivity index (χ2n) is 4.68. The molecule has 0 aromatic carbocycles. The molecule has 0 aliphatic carbocycles. The van der Waals surface area contributed by atoms with Crippen LogP contribution >= 0.6 is 0 Å². The standard InChI is InChI=1S/C6H10F2O2.C5H11NO2/c1-6(7,8)4-3-5(9)10-2;1-5(2,3)8-4(6)7/h3-4H2,1-2H3;1-3H3,(H2,6,7). The van der Waals surface area contributed by atoms with Gasteiger partial charge in [0.2, 0.25) is 5.92 Å².